The number of piperidine rings is 1. The van der Waals surface area contributed by atoms with E-state index in [4.69, 9.17) is 0 Å². The highest BCUT2D eigenvalue weighted by Crippen LogP contribution is 2.28. The van der Waals surface area contributed by atoms with Gasteiger partial charge in [-0.05, 0) is 32.3 Å². The summed E-state index contributed by atoms with van der Waals surface area (Å²) in [6, 6.07) is 3.81. The van der Waals surface area contributed by atoms with Crippen molar-refractivity contribution in [2.45, 2.75) is 38.1 Å². The minimum Gasteiger partial charge on any atom is -0.323 e. The number of benzene rings is 1. The average Bonchev–Trinajstić information content (AvgIpc) is 3.15. The molecule has 1 saturated heterocycles. The fourth-order valence-corrected chi connectivity index (χ4v) is 5.04. The fourth-order valence-electron chi connectivity index (χ4n) is 3.32. The van der Waals surface area contributed by atoms with Crippen LogP contribution < -0.4 is 5.32 Å². The molecule has 1 aliphatic heterocycles. The Hall–Kier alpha value is -2.79. The number of amides is 1. The molecular formula is C18H23N5O5S. The largest absolute Gasteiger partial charge is 0.323 e. The molecule has 0 radical (unpaired) electrons. The third-order valence-electron chi connectivity index (χ3n) is 5.05. The van der Waals surface area contributed by atoms with Gasteiger partial charge in [-0.15, -0.1) is 0 Å². The van der Waals surface area contributed by atoms with E-state index < -0.39 is 14.9 Å². The van der Waals surface area contributed by atoms with E-state index in [0.717, 1.165) is 6.07 Å². The predicted molar refractivity (Wildman–Crippen MR) is 106 cm³/mol. The molecule has 0 bridgehead atoms. The molecular weight excluding hydrogens is 398 g/mol. The van der Waals surface area contributed by atoms with Crippen molar-refractivity contribution in [1.82, 2.24) is 14.1 Å². The summed E-state index contributed by atoms with van der Waals surface area (Å²) in [7, 11) is -3.87. The highest BCUT2D eigenvalue weighted by molar-refractivity contribution is 7.89. The normalized spacial score (nSPS) is 15.9. The Morgan fingerprint density at radius 1 is 1.34 bits per heavy atom. The molecule has 1 fully saturated rings. The van der Waals surface area contributed by atoms with E-state index in [9.17, 15) is 23.3 Å². The topological polar surface area (TPSA) is 127 Å². The lowest BCUT2D eigenvalue weighted by Crippen LogP contribution is -2.41. The Morgan fingerprint density at radius 2 is 2.03 bits per heavy atom. The second kappa shape index (κ2) is 8.29. The maximum absolute atomic E-state index is 13.0. The number of sulfonamides is 1. The molecule has 1 amide bonds. The van der Waals surface area contributed by atoms with Crippen LogP contribution in [0.25, 0.3) is 0 Å². The first-order valence-corrected chi connectivity index (χ1v) is 10.7. The molecule has 29 heavy (non-hydrogen) atoms. The zero-order chi connectivity index (χ0) is 21.2. The lowest BCUT2D eigenvalue weighted by atomic mass is 9.97. The Kier molecular flexibility index (Phi) is 5.99. The van der Waals surface area contributed by atoms with Crippen LogP contribution in [0.1, 0.15) is 25.3 Å². The highest BCUT2D eigenvalue weighted by atomic mass is 32.2. The Balaban J connectivity index is 1.67. The molecule has 2 aromatic rings. The van der Waals surface area contributed by atoms with Crippen LogP contribution in [0.15, 0.2) is 35.5 Å². The van der Waals surface area contributed by atoms with Crippen LogP contribution >= 0.6 is 0 Å². The maximum Gasteiger partial charge on any atom is 0.270 e. The van der Waals surface area contributed by atoms with E-state index in [0.29, 0.717) is 30.6 Å². The van der Waals surface area contributed by atoms with E-state index in [2.05, 4.69) is 10.4 Å². The number of nitro groups is 1. The summed E-state index contributed by atoms with van der Waals surface area (Å²) >= 11 is 0. The number of rotatable bonds is 6. The van der Waals surface area contributed by atoms with Crippen LogP contribution in [0.4, 0.5) is 11.4 Å². The summed E-state index contributed by atoms with van der Waals surface area (Å²) in [6.07, 6.45) is 4.07. The van der Waals surface area contributed by atoms with Gasteiger partial charge in [0.05, 0.1) is 21.7 Å². The Labute approximate surface area is 168 Å². The number of nitro benzene ring substituents is 1. The fraction of sp³-hybridized carbons (Fsp3) is 0.444. The van der Waals surface area contributed by atoms with Crippen molar-refractivity contribution < 1.29 is 18.1 Å². The second-order valence-electron chi connectivity index (χ2n) is 6.96. The molecule has 3 rings (SSSR count). The molecule has 1 aliphatic rings. The molecule has 11 heteroatoms. The highest BCUT2D eigenvalue weighted by Gasteiger charge is 2.33. The number of nitrogens with one attached hydrogen (secondary N) is 1. The van der Waals surface area contributed by atoms with Crippen LogP contribution in [0.5, 0.6) is 0 Å². The van der Waals surface area contributed by atoms with Gasteiger partial charge in [-0.1, -0.05) is 6.07 Å². The van der Waals surface area contributed by atoms with Gasteiger partial charge in [0.25, 0.3) is 5.69 Å². The number of carbonyl (C=O) groups is 1. The molecule has 1 aromatic carbocycles. The molecule has 0 aliphatic carbocycles. The molecule has 0 saturated carbocycles. The van der Waals surface area contributed by atoms with Crippen LogP contribution in [0.3, 0.4) is 0 Å². The smallest absolute Gasteiger partial charge is 0.270 e. The minimum atomic E-state index is -3.87. The molecule has 1 aromatic heterocycles. The van der Waals surface area contributed by atoms with Gasteiger partial charge in [0, 0.05) is 43.9 Å². The van der Waals surface area contributed by atoms with E-state index in [1.807, 2.05) is 6.92 Å². The summed E-state index contributed by atoms with van der Waals surface area (Å²) in [5.41, 5.74) is 0.790. The molecule has 2 heterocycles. The number of non-ortho nitro benzene ring substituents is 1. The summed E-state index contributed by atoms with van der Waals surface area (Å²) in [4.78, 5) is 22.8. The van der Waals surface area contributed by atoms with Crippen molar-refractivity contribution in [1.29, 1.82) is 0 Å². The van der Waals surface area contributed by atoms with Gasteiger partial charge >= 0.3 is 0 Å². The second-order valence-corrected chi connectivity index (χ2v) is 8.87. The van der Waals surface area contributed by atoms with E-state index in [1.165, 1.54) is 16.4 Å². The van der Waals surface area contributed by atoms with E-state index >= 15 is 0 Å². The molecule has 0 atom stereocenters. The predicted octanol–water partition coefficient (Wildman–Crippen LogP) is 2.16. The Bertz CT molecular complexity index is 1030. The molecule has 1 N–H and O–H groups in total. The van der Waals surface area contributed by atoms with Gasteiger partial charge < -0.3 is 5.32 Å². The minimum absolute atomic E-state index is 0.0680. The lowest BCUT2D eigenvalue weighted by Gasteiger charge is -2.30. The molecule has 0 spiro atoms. The van der Waals surface area contributed by atoms with Crippen molar-refractivity contribution >= 4 is 27.3 Å². The first kappa shape index (κ1) is 20.9. The van der Waals surface area contributed by atoms with Crippen LogP contribution in [0.2, 0.25) is 0 Å². The summed E-state index contributed by atoms with van der Waals surface area (Å²) in [5, 5.41) is 17.9. The zero-order valence-corrected chi connectivity index (χ0v) is 17.1. The third-order valence-corrected chi connectivity index (χ3v) is 7.09. The van der Waals surface area contributed by atoms with Gasteiger partial charge in [-0.2, -0.15) is 9.40 Å². The van der Waals surface area contributed by atoms with Gasteiger partial charge in [0.2, 0.25) is 15.9 Å². The van der Waals surface area contributed by atoms with Crippen molar-refractivity contribution in [3.8, 4) is 0 Å². The lowest BCUT2D eigenvalue weighted by molar-refractivity contribution is -0.385. The van der Waals surface area contributed by atoms with Crippen molar-refractivity contribution in [3.05, 3.63) is 46.3 Å². The average molecular weight is 421 g/mol. The molecule has 10 nitrogen and oxygen atoms in total. The number of hydrogen-bond acceptors (Lipinski definition) is 6. The van der Waals surface area contributed by atoms with Crippen molar-refractivity contribution in [3.63, 3.8) is 0 Å². The SMILES string of the molecule is CCn1cc(NC(=O)C2CCN(S(=O)(=O)c3cc([N+](=O)[O-])ccc3C)CC2)cn1. The molecule has 156 valence electrons. The van der Waals surface area contributed by atoms with Gasteiger partial charge in [-0.25, -0.2) is 8.42 Å². The third kappa shape index (κ3) is 4.46. The number of anilines is 1. The Morgan fingerprint density at radius 3 is 2.62 bits per heavy atom. The first-order chi connectivity index (χ1) is 13.7. The quantitative estimate of drug-likeness (QED) is 0.562. The standard InChI is InChI=1S/C18H23N5O5S/c1-3-21-12-15(11-19-21)20-18(24)14-6-8-22(9-7-14)29(27,28)17-10-16(23(25)26)5-4-13(17)2/h4-5,10-12,14H,3,6-9H2,1-2H3,(H,20,24). The van der Waals surface area contributed by atoms with Crippen LogP contribution in [-0.2, 0) is 21.4 Å². The van der Waals surface area contributed by atoms with Crippen molar-refractivity contribution in [2.24, 2.45) is 5.92 Å². The number of hydrogen-bond donors (Lipinski definition) is 1. The number of aromatic nitrogens is 2. The van der Waals surface area contributed by atoms with Gasteiger partial charge in [0.1, 0.15) is 0 Å². The van der Waals surface area contributed by atoms with Gasteiger partial charge in [0.15, 0.2) is 0 Å². The van der Waals surface area contributed by atoms with Crippen LogP contribution in [0, 0.1) is 23.0 Å². The van der Waals surface area contributed by atoms with Crippen LogP contribution in [-0.4, -0.2) is 46.4 Å². The number of nitrogens with zero attached hydrogens (tertiary/aromatic N) is 4. The monoisotopic (exact) mass is 421 g/mol. The number of carbonyl (C=O) groups excluding carboxylic acids is 1. The van der Waals surface area contributed by atoms with Crippen molar-refractivity contribution in [2.75, 3.05) is 18.4 Å². The van der Waals surface area contributed by atoms with Gasteiger partial charge in [-0.3, -0.25) is 19.6 Å². The number of aryl methyl sites for hydroxylation is 2. The van der Waals surface area contributed by atoms with E-state index in [1.54, 1.807) is 24.0 Å². The summed E-state index contributed by atoms with van der Waals surface area (Å²) in [6.45, 7) is 4.60. The first-order valence-electron chi connectivity index (χ1n) is 9.31. The summed E-state index contributed by atoms with van der Waals surface area (Å²) in [5.74, 6) is -0.470. The van der Waals surface area contributed by atoms with E-state index in [-0.39, 0.29) is 35.5 Å². The zero-order valence-electron chi connectivity index (χ0n) is 16.2. The molecule has 0 unspecified atom stereocenters. The maximum atomic E-state index is 13.0. The summed E-state index contributed by atoms with van der Waals surface area (Å²) < 4.78 is 28.9.